The predicted molar refractivity (Wildman–Crippen MR) is 99.2 cm³/mol. The quantitative estimate of drug-likeness (QED) is 0.862. The maximum atomic E-state index is 4.80. The van der Waals surface area contributed by atoms with E-state index in [9.17, 15) is 0 Å². The third kappa shape index (κ3) is 3.66. The van der Waals surface area contributed by atoms with Crippen LogP contribution in [0.25, 0.3) is 0 Å². The number of anilines is 2. The van der Waals surface area contributed by atoms with E-state index in [4.69, 9.17) is 4.98 Å². The van der Waals surface area contributed by atoms with Gasteiger partial charge in [0.15, 0.2) is 0 Å². The monoisotopic (exact) mass is 374 g/mol. The molecule has 4 nitrogen and oxygen atoms in total. The van der Waals surface area contributed by atoms with E-state index in [1.165, 1.54) is 11.1 Å². The van der Waals surface area contributed by atoms with Crippen molar-refractivity contribution in [1.29, 1.82) is 0 Å². The summed E-state index contributed by atoms with van der Waals surface area (Å²) in [4.78, 5) is 11.8. The summed E-state index contributed by atoms with van der Waals surface area (Å²) in [5, 5.41) is 3.33. The molecule has 0 aliphatic carbocycles. The van der Waals surface area contributed by atoms with Crippen molar-refractivity contribution in [1.82, 2.24) is 9.97 Å². The Kier molecular flexibility index (Phi) is 4.85. The molecular formula is C18H23BrN4. The van der Waals surface area contributed by atoms with Crippen molar-refractivity contribution in [3.63, 3.8) is 0 Å². The van der Waals surface area contributed by atoms with Crippen molar-refractivity contribution in [2.24, 2.45) is 0 Å². The third-order valence-corrected chi connectivity index (χ3v) is 4.60. The molecule has 0 saturated heterocycles. The van der Waals surface area contributed by atoms with Crippen LogP contribution < -0.4 is 10.2 Å². The van der Waals surface area contributed by atoms with Gasteiger partial charge in [-0.15, -0.1) is 0 Å². The fraction of sp³-hybridized carbons (Fsp3) is 0.444. The highest BCUT2D eigenvalue weighted by atomic mass is 79.9. The van der Waals surface area contributed by atoms with E-state index in [0.717, 1.165) is 48.0 Å². The minimum absolute atomic E-state index is 0.318. The average Bonchev–Trinajstić information content (AvgIpc) is 2.54. The van der Waals surface area contributed by atoms with E-state index >= 15 is 0 Å². The van der Waals surface area contributed by atoms with Crippen molar-refractivity contribution in [2.75, 3.05) is 23.3 Å². The van der Waals surface area contributed by atoms with Crippen molar-refractivity contribution in [2.45, 2.75) is 39.7 Å². The molecule has 0 amide bonds. The molecule has 1 aromatic carbocycles. The summed E-state index contributed by atoms with van der Waals surface area (Å²) >= 11 is 3.58. The Morgan fingerprint density at radius 1 is 1.22 bits per heavy atom. The second kappa shape index (κ2) is 6.87. The molecule has 3 rings (SSSR count). The molecule has 0 spiro atoms. The minimum atomic E-state index is 0.318. The van der Waals surface area contributed by atoms with Gasteiger partial charge >= 0.3 is 0 Å². The van der Waals surface area contributed by atoms with E-state index in [1.807, 2.05) is 0 Å². The SMILES string of the molecule is CCNc1cc(N2CCc3ccc(Br)cc3C2)nc(C(C)C)n1. The van der Waals surface area contributed by atoms with E-state index < -0.39 is 0 Å². The first kappa shape index (κ1) is 16.2. The van der Waals surface area contributed by atoms with Gasteiger partial charge in [0.2, 0.25) is 0 Å². The number of benzene rings is 1. The van der Waals surface area contributed by atoms with Crippen molar-refractivity contribution < 1.29 is 0 Å². The Bertz CT molecular complexity index is 699. The molecule has 1 aromatic heterocycles. The van der Waals surface area contributed by atoms with Crippen LogP contribution in [0.2, 0.25) is 0 Å². The molecule has 122 valence electrons. The van der Waals surface area contributed by atoms with Gasteiger partial charge in [0.1, 0.15) is 17.5 Å². The summed E-state index contributed by atoms with van der Waals surface area (Å²) in [5.41, 5.74) is 2.81. The summed E-state index contributed by atoms with van der Waals surface area (Å²) in [6.45, 7) is 9.12. The average molecular weight is 375 g/mol. The number of halogens is 1. The highest BCUT2D eigenvalue weighted by Crippen LogP contribution is 2.27. The Morgan fingerprint density at radius 3 is 2.78 bits per heavy atom. The lowest BCUT2D eigenvalue weighted by Crippen LogP contribution is -2.31. The molecule has 23 heavy (non-hydrogen) atoms. The number of aromatic nitrogens is 2. The number of nitrogens with one attached hydrogen (secondary N) is 1. The normalized spacial score (nSPS) is 14.0. The number of nitrogens with zero attached hydrogens (tertiary/aromatic N) is 3. The number of fused-ring (bicyclic) bond motifs is 1. The third-order valence-electron chi connectivity index (χ3n) is 4.11. The smallest absolute Gasteiger partial charge is 0.135 e. The molecule has 1 aliphatic rings. The molecular weight excluding hydrogens is 352 g/mol. The summed E-state index contributed by atoms with van der Waals surface area (Å²) in [6, 6.07) is 8.63. The first-order valence-corrected chi connectivity index (χ1v) is 9.01. The Balaban J connectivity index is 1.92. The van der Waals surface area contributed by atoms with Crippen molar-refractivity contribution in [3.8, 4) is 0 Å². The van der Waals surface area contributed by atoms with Gasteiger partial charge in [-0.1, -0.05) is 35.8 Å². The van der Waals surface area contributed by atoms with Crippen LogP contribution in [0, 0.1) is 0 Å². The van der Waals surface area contributed by atoms with Gasteiger partial charge in [0.05, 0.1) is 0 Å². The van der Waals surface area contributed by atoms with E-state index in [-0.39, 0.29) is 0 Å². The molecule has 1 aliphatic heterocycles. The zero-order valence-electron chi connectivity index (χ0n) is 13.9. The van der Waals surface area contributed by atoms with Gasteiger partial charge < -0.3 is 10.2 Å². The maximum absolute atomic E-state index is 4.80. The Morgan fingerprint density at radius 2 is 2.04 bits per heavy atom. The Hall–Kier alpha value is -1.62. The minimum Gasteiger partial charge on any atom is -0.370 e. The maximum Gasteiger partial charge on any atom is 0.135 e. The largest absolute Gasteiger partial charge is 0.370 e. The van der Waals surface area contributed by atoms with Crippen LogP contribution in [0.4, 0.5) is 11.6 Å². The lowest BCUT2D eigenvalue weighted by atomic mass is 10.00. The van der Waals surface area contributed by atoms with Crippen LogP contribution in [0.5, 0.6) is 0 Å². The number of rotatable bonds is 4. The zero-order chi connectivity index (χ0) is 16.4. The molecule has 0 atom stereocenters. The summed E-state index contributed by atoms with van der Waals surface area (Å²) in [5.74, 6) is 3.16. The van der Waals surface area contributed by atoms with Gasteiger partial charge in [0, 0.05) is 36.1 Å². The van der Waals surface area contributed by atoms with Gasteiger partial charge in [-0.2, -0.15) is 0 Å². The number of hydrogen-bond donors (Lipinski definition) is 1. The van der Waals surface area contributed by atoms with Crippen LogP contribution in [-0.2, 0) is 13.0 Å². The number of hydrogen-bond acceptors (Lipinski definition) is 4. The fourth-order valence-electron chi connectivity index (χ4n) is 2.87. The second-order valence-corrected chi connectivity index (χ2v) is 7.15. The predicted octanol–water partition coefficient (Wildman–Crippen LogP) is 4.36. The highest BCUT2D eigenvalue weighted by Gasteiger charge is 2.19. The first-order valence-electron chi connectivity index (χ1n) is 8.22. The summed E-state index contributed by atoms with van der Waals surface area (Å²) in [6.07, 6.45) is 1.06. The highest BCUT2D eigenvalue weighted by molar-refractivity contribution is 9.10. The van der Waals surface area contributed by atoms with Crippen LogP contribution in [0.1, 0.15) is 43.6 Å². The van der Waals surface area contributed by atoms with Gasteiger partial charge in [-0.3, -0.25) is 0 Å². The van der Waals surface area contributed by atoms with E-state index in [1.54, 1.807) is 0 Å². The molecule has 2 heterocycles. The van der Waals surface area contributed by atoms with E-state index in [2.05, 4.69) is 76.2 Å². The summed E-state index contributed by atoms with van der Waals surface area (Å²) in [7, 11) is 0. The van der Waals surface area contributed by atoms with Crippen LogP contribution >= 0.6 is 15.9 Å². The zero-order valence-corrected chi connectivity index (χ0v) is 15.5. The molecule has 0 fully saturated rings. The fourth-order valence-corrected chi connectivity index (χ4v) is 3.27. The summed E-state index contributed by atoms with van der Waals surface area (Å²) < 4.78 is 1.14. The molecule has 1 N–H and O–H groups in total. The lowest BCUT2D eigenvalue weighted by molar-refractivity contribution is 0.703. The molecule has 0 radical (unpaired) electrons. The standard InChI is InChI=1S/C18H23BrN4/c1-4-20-16-10-17(22-18(21-16)12(2)3)23-8-7-13-5-6-15(19)9-14(13)11-23/h5-6,9-10,12H,4,7-8,11H2,1-3H3,(H,20,21,22). The topological polar surface area (TPSA) is 41.0 Å². The van der Waals surface area contributed by atoms with Crippen molar-refractivity contribution >= 4 is 27.6 Å². The van der Waals surface area contributed by atoms with Gasteiger partial charge in [-0.25, -0.2) is 9.97 Å². The molecule has 0 unspecified atom stereocenters. The second-order valence-electron chi connectivity index (χ2n) is 6.24. The molecule has 0 bridgehead atoms. The van der Waals surface area contributed by atoms with Crippen molar-refractivity contribution in [3.05, 3.63) is 45.7 Å². The molecule has 0 saturated carbocycles. The van der Waals surface area contributed by atoms with Crippen LogP contribution in [0.3, 0.4) is 0 Å². The molecule has 5 heteroatoms. The van der Waals surface area contributed by atoms with E-state index in [0.29, 0.717) is 5.92 Å². The van der Waals surface area contributed by atoms with Crippen LogP contribution in [-0.4, -0.2) is 23.1 Å². The Labute approximate surface area is 146 Å². The lowest BCUT2D eigenvalue weighted by Gasteiger charge is -2.30. The molecule has 2 aromatic rings. The van der Waals surface area contributed by atoms with Crippen LogP contribution in [0.15, 0.2) is 28.7 Å². The van der Waals surface area contributed by atoms with Gasteiger partial charge in [-0.05, 0) is 36.6 Å². The first-order chi connectivity index (χ1) is 11.1. The van der Waals surface area contributed by atoms with Gasteiger partial charge in [0.25, 0.3) is 0 Å².